The molecule has 0 aliphatic carbocycles. The first-order chi connectivity index (χ1) is 13.5. The number of methoxy groups -OCH3 is 1. The van der Waals surface area contributed by atoms with E-state index < -0.39 is 11.8 Å². The standard InChI is InChI=1S/C21H19ClFNO4/c1-3-4-9-27-19-15(22)10-13(12-18(19)26-2)11-17-21(25)28-20(24-17)14-7-5-6-8-16(14)23/h5-8,10-12H,3-4,9H2,1-2H3/b17-11-. The highest BCUT2D eigenvalue weighted by atomic mass is 35.5. The fraction of sp³-hybridized carbons (Fsp3) is 0.238. The fourth-order valence-electron chi connectivity index (χ4n) is 2.60. The molecule has 0 aromatic heterocycles. The maximum atomic E-state index is 13.9. The first kappa shape index (κ1) is 19.9. The first-order valence-corrected chi connectivity index (χ1v) is 9.19. The minimum Gasteiger partial charge on any atom is -0.493 e. The van der Waals surface area contributed by atoms with Crippen molar-refractivity contribution in [3.63, 3.8) is 0 Å². The molecule has 0 radical (unpaired) electrons. The summed E-state index contributed by atoms with van der Waals surface area (Å²) in [5.41, 5.74) is 0.737. The summed E-state index contributed by atoms with van der Waals surface area (Å²) < 4.78 is 30.1. The van der Waals surface area contributed by atoms with Crippen LogP contribution in [0.5, 0.6) is 11.5 Å². The molecule has 0 unspecified atom stereocenters. The second-order valence-corrected chi connectivity index (χ2v) is 6.46. The van der Waals surface area contributed by atoms with Crippen molar-refractivity contribution in [3.05, 3.63) is 64.1 Å². The SMILES string of the molecule is CCCCOc1c(Cl)cc(/C=C2\N=C(c3ccccc3F)OC2=O)cc1OC. The molecule has 1 heterocycles. The van der Waals surface area contributed by atoms with Gasteiger partial charge in [0.05, 0.1) is 24.3 Å². The van der Waals surface area contributed by atoms with Crippen LogP contribution in [0.3, 0.4) is 0 Å². The Morgan fingerprint density at radius 3 is 2.79 bits per heavy atom. The summed E-state index contributed by atoms with van der Waals surface area (Å²) >= 11 is 6.32. The van der Waals surface area contributed by atoms with E-state index in [4.69, 9.17) is 25.8 Å². The highest BCUT2D eigenvalue weighted by molar-refractivity contribution is 6.32. The Balaban J connectivity index is 1.91. The van der Waals surface area contributed by atoms with E-state index in [1.165, 1.54) is 25.3 Å². The summed E-state index contributed by atoms with van der Waals surface area (Å²) in [6.07, 6.45) is 3.39. The average Bonchev–Trinajstić information content (AvgIpc) is 3.03. The number of benzene rings is 2. The van der Waals surface area contributed by atoms with Gasteiger partial charge in [0.1, 0.15) is 5.82 Å². The average molecular weight is 404 g/mol. The van der Waals surface area contributed by atoms with Crippen molar-refractivity contribution in [2.75, 3.05) is 13.7 Å². The normalized spacial score (nSPS) is 14.8. The molecule has 5 nitrogen and oxygen atoms in total. The zero-order valence-electron chi connectivity index (χ0n) is 15.5. The second-order valence-electron chi connectivity index (χ2n) is 6.05. The number of cyclic esters (lactones) is 1. The molecule has 0 bridgehead atoms. The quantitative estimate of drug-likeness (QED) is 0.370. The molecule has 146 valence electrons. The predicted molar refractivity (Wildman–Crippen MR) is 105 cm³/mol. The van der Waals surface area contributed by atoms with Crippen LogP contribution in [0.25, 0.3) is 6.08 Å². The minimum absolute atomic E-state index is 0.0380. The number of esters is 1. The Hall–Kier alpha value is -2.86. The lowest BCUT2D eigenvalue weighted by Gasteiger charge is -2.13. The summed E-state index contributed by atoms with van der Waals surface area (Å²) in [6, 6.07) is 9.28. The number of nitrogens with zero attached hydrogens (tertiary/aromatic N) is 1. The van der Waals surface area contributed by atoms with Gasteiger partial charge in [0.15, 0.2) is 17.2 Å². The lowest BCUT2D eigenvalue weighted by Crippen LogP contribution is -2.07. The monoisotopic (exact) mass is 403 g/mol. The van der Waals surface area contributed by atoms with Gasteiger partial charge in [-0.2, -0.15) is 0 Å². The Morgan fingerprint density at radius 1 is 1.29 bits per heavy atom. The van der Waals surface area contributed by atoms with Gasteiger partial charge in [-0.05, 0) is 42.3 Å². The van der Waals surface area contributed by atoms with Crippen molar-refractivity contribution in [1.29, 1.82) is 0 Å². The summed E-state index contributed by atoms with van der Waals surface area (Å²) in [5, 5.41) is 0.354. The van der Waals surface area contributed by atoms with E-state index in [1.54, 1.807) is 24.3 Å². The second kappa shape index (κ2) is 8.89. The van der Waals surface area contributed by atoms with Gasteiger partial charge < -0.3 is 14.2 Å². The number of carbonyl (C=O) groups excluding carboxylic acids is 1. The molecule has 1 aliphatic rings. The Bertz CT molecular complexity index is 955. The van der Waals surface area contributed by atoms with Crippen LogP contribution in [0, 0.1) is 5.82 Å². The maximum Gasteiger partial charge on any atom is 0.363 e. The largest absolute Gasteiger partial charge is 0.493 e. The molecule has 0 N–H and O–H groups in total. The van der Waals surface area contributed by atoms with E-state index in [0.29, 0.717) is 28.7 Å². The third-order valence-electron chi connectivity index (χ3n) is 4.02. The van der Waals surface area contributed by atoms with E-state index >= 15 is 0 Å². The molecule has 2 aromatic rings. The topological polar surface area (TPSA) is 57.1 Å². The van der Waals surface area contributed by atoms with Gasteiger partial charge in [-0.15, -0.1) is 0 Å². The predicted octanol–water partition coefficient (Wildman–Crippen LogP) is 5.01. The van der Waals surface area contributed by atoms with E-state index in [-0.39, 0.29) is 17.2 Å². The smallest absolute Gasteiger partial charge is 0.363 e. The summed E-state index contributed by atoms with van der Waals surface area (Å²) in [5.74, 6) is -0.374. The van der Waals surface area contributed by atoms with Gasteiger partial charge in [-0.25, -0.2) is 14.2 Å². The van der Waals surface area contributed by atoms with Crippen molar-refractivity contribution in [1.82, 2.24) is 0 Å². The van der Waals surface area contributed by atoms with Crippen LogP contribution < -0.4 is 9.47 Å². The van der Waals surface area contributed by atoms with Crippen LogP contribution in [-0.4, -0.2) is 25.6 Å². The maximum absolute atomic E-state index is 13.9. The summed E-state index contributed by atoms with van der Waals surface area (Å²) in [7, 11) is 1.51. The number of rotatable bonds is 7. The van der Waals surface area contributed by atoms with E-state index in [9.17, 15) is 9.18 Å². The zero-order chi connectivity index (χ0) is 20.1. The van der Waals surface area contributed by atoms with Crippen molar-refractivity contribution in [2.45, 2.75) is 19.8 Å². The molecule has 0 saturated heterocycles. The molecule has 2 aromatic carbocycles. The van der Waals surface area contributed by atoms with Gasteiger partial charge in [0.2, 0.25) is 5.90 Å². The van der Waals surface area contributed by atoms with Gasteiger partial charge in [-0.1, -0.05) is 37.1 Å². The lowest BCUT2D eigenvalue weighted by molar-refractivity contribution is -0.129. The van der Waals surface area contributed by atoms with E-state index in [0.717, 1.165) is 12.8 Å². The van der Waals surface area contributed by atoms with Gasteiger partial charge in [0, 0.05) is 0 Å². The fourth-order valence-corrected chi connectivity index (χ4v) is 2.87. The Morgan fingerprint density at radius 2 is 2.07 bits per heavy atom. The molecule has 0 fully saturated rings. The lowest BCUT2D eigenvalue weighted by atomic mass is 10.1. The number of unbranched alkanes of at least 4 members (excludes halogenated alkanes) is 1. The molecule has 1 aliphatic heterocycles. The number of halogens is 2. The molecule has 7 heteroatoms. The zero-order valence-corrected chi connectivity index (χ0v) is 16.3. The molecule has 0 spiro atoms. The van der Waals surface area contributed by atoms with Crippen LogP contribution in [0.2, 0.25) is 5.02 Å². The number of hydrogen-bond donors (Lipinski definition) is 0. The Labute approximate surface area is 167 Å². The molecule has 0 amide bonds. The third-order valence-corrected chi connectivity index (χ3v) is 4.30. The van der Waals surface area contributed by atoms with Gasteiger partial charge in [0.25, 0.3) is 0 Å². The van der Waals surface area contributed by atoms with Crippen LogP contribution in [-0.2, 0) is 9.53 Å². The van der Waals surface area contributed by atoms with E-state index in [1.807, 2.05) is 0 Å². The van der Waals surface area contributed by atoms with Crippen molar-refractivity contribution in [2.24, 2.45) is 4.99 Å². The number of aliphatic imine (C=N–C) groups is 1. The molecule has 28 heavy (non-hydrogen) atoms. The Kier molecular flexibility index (Phi) is 6.31. The van der Waals surface area contributed by atoms with Crippen LogP contribution >= 0.6 is 11.6 Å². The molecular formula is C21H19ClFNO4. The first-order valence-electron chi connectivity index (χ1n) is 8.81. The van der Waals surface area contributed by atoms with Crippen LogP contribution in [0.15, 0.2) is 47.1 Å². The molecule has 0 atom stereocenters. The van der Waals surface area contributed by atoms with Gasteiger partial charge >= 0.3 is 5.97 Å². The van der Waals surface area contributed by atoms with Crippen molar-refractivity contribution in [3.8, 4) is 11.5 Å². The number of hydrogen-bond acceptors (Lipinski definition) is 5. The van der Waals surface area contributed by atoms with Crippen LogP contribution in [0.4, 0.5) is 4.39 Å². The van der Waals surface area contributed by atoms with Crippen molar-refractivity contribution < 1.29 is 23.4 Å². The number of carbonyl (C=O) groups is 1. The summed E-state index contributed by atoms with van der Waals surface area (Å²) in [6.45, 7) is 2.59. The highest BCUT2D eigenvalue weighted by Crippen LogP contribution is 2.37. The van der Waals surface area contributed by atoms with E-state index in [2.05, 4.69) is 11.9 Å². The molecule has 0 saturated carbocycles. The molecular weight excluding hydrogens is 385 g/mol. The molecule has 3 rings (SSSR count). The van der Waals surface area contributed by atoms with Crippen LogP contribution in [0.1, 0.15) is 30.9 Å². The van der Waals surface area contributed by atoms with Crippen molar-refractivity contribution >= 4 is 29.5 Å². The third kappa shape index (κ3) is 4.34. The summed E-state index contributed by atoms with van der Waals surface area (Å²) in [4.78, 5) is 16.3. The highest BCUT2D eigenvalue weighted by Gasteiger charge is 2.26. The number of ether oxygens (including phenoxy) is 3. The van der Waals surface area contributed by atoms with Gasteiger partial charge in [-0.3, -0.25) is 0 Å². The minimum atomic E-state index is -0.670.